The van der Waals surface area contributed by atoms with Crippen LogP contribution in [0.4, 0.5) is 13.2 Å². The first-order valence-corrected chi connectivity index (χ1v) is 5.11. The van der Waals surface area contributed by atoms with E-state index in [0.717, 1.165) is 6.07 Å². The van der Waals surface area contributed by atoms with Gasteiger partial charge in [0.05, 0.1) is 12.5 Å². The Labute approximate surface area is 92.9 Å². The molecule has 0 saturated carbocycles. The molecule has 0 spiro atoms. The van der Waals surface area contributed by atoms with Gasteiger partial charge in [0.25, 0.3) is 6.43 Å². The summed E-state index contributed by atoms with van der Waals surface area (Å²) in [5, 5.41) is 8.61. The highest BCUT2D eigenvalue weighted by atomic mass is 79.9. The fourth-order valence-electron chi connectivity index (χ4n) is 1.11. The summed E-state index contributed by atoms with van der Waals surface area (Å²) in [7, 11) is 0. The lowest BCUT2D eigenvalue weighted by Gasteiger charge is -2.07. The lowest BCUT2D eigenvalue weighted by atomic mass is 10.1. The predicted octanol–water partition coefficient (Wildman–Crippen LogP) is 3.12. The zero-order chi connectivity index (χ0) is 11.4. The van der Waals surface area contributed by atoms with E-state index in [-0.39, 0.29) is 22.9 Å². The van der Waals surface area contributed by atoms with Crippen molar-refractivity contribution in [3.05, 3.63) is 28.8 Å². The van der Waals surface area contributed by atoms with Gasteiger partial charge in [0.1, 0.15) is 5.69 Å². The molecule has 80 valence electrons. The Morgan fingerprint density at radius 1 is 1.53 bits per heavy atom. The largest absolute Gasteiger partial charge is 0.280 e. The van der Waals surface area contributed by atoms with Crippen LogP contribution >= 0.6 is 15.9 Å². The van der Waals surface area contributed by atoms with E-state index in [1.807, 2.05) is 0 Å². The van der Waals surface area contributed by atoms with Crippen molar-refractivity contribution < 1.29 is 13.2 Å². The monoisotopic (exact) mass is 278 g/mol. The molecule has 0 N–H and O–H groups in total. The molecular weight excluding hydrogens is 273 g/mol. The van der Waals surface area contributed by atoms with Crippen molar-refractivity contribution in [2.45, 2.75) is 18.2 Å². The molecule has 0 aliphatic rings. The second-order valence-corrected chi connectivity index (χ2v) is 3.31. The third kappa shape index (κ3) is 2.69. The average molecular weight is 279 g/mol. The molecule has 1 heterocycles. The van der Waals surface area contributed by atoms with Crippen molar-refractivity contribution in [1.82, 2.24) is 4.98 Å². The molecule has 1 aromatic heterocycles. The number of rotatable bonds is 3. The van der Waals surface area contributed by atoms with Crippen LogP contribution < -0.4 is 0 Å². The van der Waals surface area contributed by atoms with Crippen molar-refractivity contribution in [2.24, 2.45) is 0 Å². The standard InChI is InChI=1S/C9H6BrF3N2/c10-4-6-5(1-2-14)3-7(8(11)12)15-9(6)13/h3,8H,1,4H2. The molecule has 0 unspecified atom stereocenters. The van der Waals surface area contributed by atoms with Gasteiger partial charge in [-0.2, -0.15) is 9.65 Å². The molecule has 0 aliphatic carbocycles. The summed E-state index contributed by atoms with van der Waals surface area (Å²) in [5.41, 5.74) is -0.236. The van der Waals surface area contributed by atoms with Crippen LogP contribution in [0.15, 0.2) is 6.07 Å². The fraction of sp³-hybridized carbons (Fsp3) is 0.333. The van der Waals surface area contributed by atoms with Crippen molar-refractivity contribution in [3.8, 4) is 6.07 Å². The Kier molecular flexibility index (Phi) is 4.09. The van der Waals surface area contributed by atoms with E-state index >= 15 is 0 Å². The van der Waals surface area contributed by atoms with Crippen LogP contribution in [-0.4, -0.2) is 4.98 Å². The maximum atomic E-state index is 13.2. The number of pyridine rings is 1. The van der Waals surface area contributed by atoms with Crippen molar-refractivity contribution in [1.29, 1.82) is 5.26 Å². The summed E-state index contributed by atoms with van der Waals surface area (Å²) in [5.74, 6) is -0.949. The highest BCUT2D eigenvalue weighted by Crippen LogP contribution is 2.23. The van der Waals surface area contributed by atoms with Crippen LogP contribution in [0.3, 0.4) is 0 Å². The molecule has 0 amide bonds. The van der Waals surface area contributed by atoms with Crippen LogP contribution in [0.2, 0.25) is 0 Å². The molecule has 0 atom stereocenters. The van der Waals surface area contributed by atoms with Crippen molar-refractivity contribution >= 4 is 15.9 Å². The minimum Gasteiger partial charge on any atom is -0.218 e. The molecule has 0 bridgehead atoms. The van der Waals surface area contributed by atoms with Crippen LogP contribution in [0.1, 0.15) is 23.2 Å². The smallest absolute Gasteiger partial charge is 0.218 e. The number of alkyl halides is 3. The number of nitriles is 1. The van der Waals surface area contributed by atoms with E-state index in [1.165, 1.54) is 0 Å². The second kappa shape index (κ2) is 5.12. The average Bonchev–Trinajstić information content (AvgIpc) is 2.17. The lowest BCUT2D eigenvalue weighted by molar-refractivity contribution is 0.144. The summed E-state index contributed by atoms with van der Waals surface area (Å²) in [4.78, 5) is 3.13. The zero-order valence-electron chi connectivity index (χ0n) is 7.48. The highest BCUT2D eigenvalue weighted by molar-refractivity contribution is 9.08. The van der Waals surface area contributed by atoms with Gasteiger partial charge < -0.3 is 0 Å². The molecule has 0 aliphatic heterocycles. The topological polar surface area (TPSA) is 36.7 Å². The number of halogens is 4. The first kappa shape index (κ1) is 12.0. The third-order valence-electron chi connectivity index (χ3n) is 1.81. The summed E-state index contributed by atoms with van der Waals surface area (Å²) >= 11 is 3.01. The van der Waals surface area contributed by atoms with Gasteiger partial charge in [-0.15, -0.1) is 0 Å². The van der Waals surface area contributed by atoms with E-state index in [4.69, 9.17) is 5.26 Å². The van der Waals surface area contributed by atoms with Crippen molar-refractivity contribution in [2.75, 3.05) is 0 Å². The Morgan fingerprint density at radius 3 is 2.67 bits per heavy atom. The van der Waals surface area contributed by atoms with Gasteiger partial charge in [0, 0.05) is 10.9 Å². The Morgan fingerprint density at radius 2 is 2.20 bits per heavy atom. The molecule has 1 aromatic rings. The minimum atomic E-state index is -2.83. The van der Waals surface area contributed by atoms with Crippen LogP contribution in [0.5, 0.6) is 0 Å². The molecule has 0 radical (unpaired) electrons. The lowest BCUT2D eigenvalue weighted by Crippen LogP contribution is -2.03. The van der Waals surface area contributed by atoms with E-state index in [1.54, 1.807) is 6.07 Å². The molecule has 0 aromatic carbocycles. The molecule has 0 fully saturated rings. The van der Waals surface area contributed by atoms with Gasteiger partial charge in [-0.25, -0.2) is 13.8 Å². The van der Waals surface area contributed by atoms with Gasteiger partial charge >= 0.3 is 0 Å². The quantitative estimate of drug-likeness (QED) is 0.629. The predicted molar refractivity (Wildman–Crippen MR) is 51.1 cm³/mol. The first-order valence-electron chi connectivity index (χ1n) is 3.99. The summed E-state index contributed by atoms with van der Waals surface area (Å²) in [6.45, 7) is 0. The van der Waals surface area contributed by atoms with Crippen LogP contribution in [-0.2, 0) is 11.8 Å². The van der Waals surface area contributed by atoms with Gasteiger partial charge in [-0.1, -0.05) is 15.9 Å². The van der Waals surface area contributed by atoms with Gasteiger partial charge in [0.15, 0.2) is 0 Å². The molecule has 6 heteroatoms. The number of hydrogen-bond acceptors (Lipinski definition) is 2. The number of hydrogen-bond donors (Lipinski definition) is 0. The Hall–Kier alpha value is -1.09. The second-order valence-electron chi connectivity index (χ2n) is 2.74. The van der Waals surface area contributed by atoms with E-state index < -0.39 is 18.1 Å². The Bertz CT molecular complexity index is 401. The number of aromatic nitrogens is 1. The fourth-order valence-corrected chi connectivity index (χ4v) is 1.70. The number of nitrogens with zero attached hydrogens (tertiary/aromatic N) is 2. The van der Waals surface area contributed by atoms with E-state index in [0.29, 0.717) is 0 Å². The Balaban J connectivity index is 3.26. The SMILES string of the molecule is N#CCc1cc(C(F)F)nc(F)c1CBr. The molecule has 1 rings (SSSR count). The minimum absolute atomic E-state index is 0.111. The van der Waals surface area contributed by atoms with Crippen LogP contribution in [0.25, 0.3) is 0 Å². The summed E-state index contributed by atoms with van der Waals surface area (Å²) < 4.78 is 37.8. The highest BCUT2D eigenvalue weighted by Gasteiger charge is 2.16. The maximum Gasteiger partial charge on any atom is 0.280 e. The van der Waals surface area contributed by atoms with E-state index in [9.17, 15) is 13.2 Å². The summed E-state index contributed by atoms with van der Waals surface area (Å²) in [6.07, 6.45) is -2.94. The normalized spacial score (nSPS) is 10.4. The zero-order valence-corrected chi connectivity index (χ0v) is 9.06. The molecule has 15 heavy (non-hydrogen) atoms. The summed E-state index contributed by atoms with van der Waals surface area (Å²) in [6, 6.07) is 2.85. The van der Waals surface area contributed by atoms with Crippen molar-refractivity contribution in [3.63, 3.8) is 0 Å². The van der Waals surface area contributed by atoms with Crippen LogP contribution in [0, 0.1) is 17.3 Å². The van der Waals surface area contributed by atoms with Gasteiger partial charge in [-0.05, 0) is 11.6 Å². The maximum absolute atomic E-state index is 13.2. The first-order chi connectivity index (χ1) is 7.10. The molecular formula is C9H6BrF3N2. The van der Waals surface area contributed by atoms with Gasteiger partial charge in [-0.3, -0.25) is 0 Å². The van der Waals surface area contributed by atoms with E-state index in [2.05, 4.69) is 20.9 Å². The third-order valence-corrected chi connectivity index (χ3v) is 2.37. The van der Waals surface area contributed by atoms with Gasteiger partial charge in [0.2, 0.25) is 5.95 Å². The molecule has 0 saturated heterocycles. The molecule has 2 nitrogen and oxygen atoms in total.